The van der Waals surface area contributed by atoms with E-state index in [1.807, 2.05) is 0 Å². The molecule has 0 radical (unpaired) electrons. The second-order valence-corrected chi connectivity index (χ2v) is 3.71. The molecular formula is C12H9ClFNO. The van der Waals surface area contributed by atoms with Crippen molar-refractivity contribution in [2.24, 2.45) is 0 Å². The first kappa shape index (κ1) is 11.0. The van der Waals surface area contributed by atoms with Crippen molar-refractivity contribution in [3.05, 3.63) is 52.9 Å². The summed E-state index contributed by atoms with van der Waals surface area (Å²) in [5.74, 6) is -0.343. The number of benzene rings is 1. The van der Waals surface area contributed by atoms with Crippen molar-refractivity contribution in [2.45, 2.75) is 6.61 Å². The van der Waals surface area contributed by atoms with Crippen LogP contribution in [-0.4, -0.2) is 10.1 Å². The molecule has 16 heavy (non-hydrogen) atoms. The molecule has 0 spiro atoms. The van der Waals surface area contributed by atoms with Gasteiger partial charge in [0.15, 0.2) is 0 Å². The molecule has 4 heteroatoms. The molecule has 0 aliphatic carbocycles. The SMILES string of the molecule is OCc1ccc(Cl)c(-c2cccc(F)c2)n1. The fourth-order valence-electron chi connectivity index (χ4n) is 1.41. The normalized spacial score (nSPS) is 10.4. The molecule has 0 unspecified atom stereocenters. The topological polar surface area (TPSA) is 33.1 Å². The summed E-state index contributed by atoms with van der Waals surface area (Å²) in [4.78, 5) is 4.15. The van der Waals surface area contributed by atoms with Crippen LogP contribution in [0.3, 0.4) is 0 Å². The molecule has 0 aliphatic heterocycles. The summed E-state index contributed by atoms with van der Waals surface area (Å²) < 4.78 is 13.0. The number of nitrogens with zero attached hydrogens (tertiary/aromatic N) is 1. The number of aliphatic hydroxyl groups is 1. The number of hydrogen-bond acceptors (Lipinski definition) is 2. The minimum Gasteiger partial charge on any atom is -0.390 e. The van der Waals surface area contributed by atoms with E-state index in [0.29, 0.717) is 22.0 Å². The average molecular weight is 238 g/mol. The molecule has 0 saturated heterocycles. The van der Waals surface area contributed by atoms with Crippen molar-refractivity contribution < 1.29 is 9.50 Å². The molecule has 82 valence electrons. The Morgan fingerprint density at radius 1 is 1.25 bits per heavy atom. The molecule has 2 aromatic rings. The van der Waals surface area contributed by atoms with E-state index in [1.165, 1.54) is 12.1 Å². The van der Waals surface area contributed by atoms with Gasteiger partial charge >= 0.3 is 0 Å². The summed E-state index contributed by atoms with van der Waals surface area (Å²) in [6.45, 7) is -0.167. The van der Waals surface area contributed by atoms with Crippen LogP contribution in [0.4, 0.5) is 4.39 Å². The van der Waals surface area contributed by atoms with Gasteiger partial charge in [-0.2, -0.15) is 0 Å². The number of aliphatic hydroxyl groups excluding tert-OH is 1. The van der Waals surface area contributed by atoms with E-state index in [0.717, 1.165) is 0 Å². The molecule has 0 atom stereocenters. The highest BCUT2D eigenvalue weighted by atomic mass is 35.5. The van der Waals surface area contributed by atoms with Crippen LogP contribution in [0.15, 0.2) is 36.4 Å². The van der Waals surface area contributed by atoms with E-state index >= 15 is 0 Å². The zero-order valence-electron chi connectivity index (χ0n) is 8.32. The second kappa shape index (κ2) is 4.60. The fraction of sp³-hybridized carbons (Fsp3) is 0.0833. The Hall–Kier alpha value is -1.45. The number of pyridine rings is 1. The first-order valence-corrected chi connectivity index (χ1v) is 5.10. The van der Waals surface area contributed by atoms with Crippen LogP contribution < -0.4 is 0 Å². The number of halogens is 2. The molecule has 2 rings (SSSR count). The Morgan fingerprint density at radius 3 is 2.75 bits per heavy atom. The number of aromatic nitrogens is 1. The van der Waals surface area contributed by atoms with Crippen molar-refractivity contribution in [1.82, 2.24) is 4.98 Å². The van der Waals surface area contributed by atoms with Gasteiger partial charge in [0.05, 0.1) is 23.0 Å². The van der Waals surface area contributed by atoms with Gasteiger partial charge in [0.2, 0.25) is 0 Å². The van der Waals surface area contributed by atoms with Gasteiger partial charge in [-0.3, -0.25) is 0 Å². The van der Waals surface area contributed by atoms with Gasteiger partial charge in [0.25, 0.3) is 0 Å². The quantitative estimate of drug-likeness (QED) is 0.871. The Morgan fingerprint density at radius 2 is 2.06 bits per heavy atom. The molecular weight excluding hydrogens is 229 g/mol. The van der Waals surface area contributed by atoms with Crippen molar-refractivity contribution >= 4 is 11.6 Å². The molecule has 0 saturated carbocycles. The van der Waals surface area contributed by atoms with Gasteiger partial charge in [-0.15, -0.1) is 0 Å². The lowest BCUT2D eigenvalue weighted by molar-refractivity contribution is 0.277. The van der Waals surface area contributed by atoms with E-state index in [2.05, 4.69) is 4.98 Å². The van der Waals surface area contributed by atoms with Crippen molar-refractivity contribution in [2.75, 3.05) is 0 Å². The van der Waals surface area contributed by atoms with Crippen LogP contribution in [0.2, 0.25) is 5.02 Å². The van der Waals surface area contributed by atoms with Crippen LogP contribution in [0.5, 0.6) is 0 Å². The molecule has 0 fully saturated rings. The Bertz CT molecular complexity index is 516. The van der Waals surface area contributed by atoms with Crippen LogP contribution in [0.25, 0.3) is 11.3 Å². The maximum absolute atomic E-state index is 13.0. The lowest BCUT2D eigenvalue weighted by atomic mass is 10.1. The van der Waals surface area contributed by atoms with Gasteiger partial charge in [0.1, 0.15) is 5.82 Å². The lowest BCUT2D eigenvalue weighted by Gasteiger charge is -2.05. The minimum atomic E-state index is -0.343. The van der Waals surface area contributed by atoms with Crippen LogP contribution >= 0.6 is 11.6 Å². The number of rotatable bonds is 2. The molecule has 1 aromatic heterocycles. The minimum absolute atomic E-state index is 0.167. The Balaban J connectivity index is 2.54. The van der Waals surface area contributed by atoms with E-state index in [4.69, 9.17) is 16.7 Å². The largest absolute Gasteiger partial charge is 0.390 e. The first-order chi connectivity index (χ1) is 7.70. The second-order valence-electron chi connectivity index (χ2n) is 3.30. The molecule has 1 N–H and O–H groups in total. The first-order valence-electron chi connectivity index (χ1n) is 4.73. The fourth-order valence-corrected chi connectivity index (χ4v) is 1.62. The molecule has 0 aliphatic rings. The van der Waals surface area contributed by atoms with Gasteiger partial charge in [-0.25, -0.2) is 9.37 Å². The predicted octanol–water partition coefficient (Wildman–Crippen LogP) is 3.03. The molecule has 1 aromatic carbocycles. The standard InChI is InChI=1S/C12H9ClFNO/c13-11-5-4-10(7-16)15-12(11)8-2-1-3-9(14)6-8/h1-6,16H,7H2. The van der Waals surface area contributed by atoms with Gasteiger partial charge in [-0.05, 0) is 24.3 Å². The summed E-state index contributed by atoms with van der Waals surface area (Å²) in [5, 5.41) is 9.41. The molecule has 2 nitrogen and oxygen atoms in total. The van der Waals surface area contributed by atoms with E-state index in [-0.39, 0.29) is 12.4 Å². The Kier molecular flexibility index (Phi) is 3.17. The maximum Gasteiger partial charge on any atom is 0.123 e. The molecule has 1 heterocycles. The molecule has 0 bridgehead atoms. The van der Waals surface area contributed by atoms with E-state index in [1.54, 1.807) is 24.3 Å². The van der Waals surface area contributed by atoms with Gasteiger partial charge < -0.3 is 5.11 Å². The highest BCUT2D eigenvalue weighted by Crippen LogP contribution is 2.26. The summed E-state index contributed by atoms with van der Waals surface area (Å²) >= 11 is 5.97. The number of hydrogen-bond donors (Lipinski definition) is 1. The Labute approximate surface area is 97.3 Å². The third kappa shape index (κ3) is 2.21. The third-order valence-electron chi connectivity index (χ3n) is 2.16. The summed E-state index contributed by atoms with van der Waals surface area (Å²) in [7, 11) is 0. The highest BCUT2D eigenvalue weighted by Gasteiger charge is 2.07. The zero-order valence-corrected chi connectivity index (χ0v) is 9.08. The van der Waals surface area contributed by atoms with E-state index < -0.39 is 0 Å². The van der Waals surface area contributed by atoms with Crippen molar-refractivity contribution in [3.8, 4) is 11.3 Å². The maximum atomic E-state index is 13.0. The predicted molar refractivity (Wildman–Crippen MR) is 60.6 cm³/mol. The summed E-state index contributed by atoms with van der Waals surface area (Å²) in [5.41, 5.74) is 1.58. The van der Waals surface area contributed by atoms with Crippen molar-refractivity contribution in [1.29, 1.82) is 0 Å². The van der Waals surface area contributed by atoms with Crippen LogP contribution in [-0.2, 0) is 6.61 Å². The highest BCUT2D eigenvalue weighted by molar-refractivity contribution is 6.33. The van der Waals surface area contributed by atoms with Gasteiger partial charge in [-0.1, -0.05) is 23.7 Å². The summed E-state index contributed by atoms with van der Waals surface area (Å²) in [6.07, 6.45) is 0. The third-order valence-corrected chi connectivity index (χ3v) is 2.47. The van der Waals surface area contributed by atoms with E-state index in [9.17, 15) is 4.39 Å². The van der Waals surface area contributed by atoms with Gasteiger partial charge in [0, 0.05) is 5.56 Å². The molecule has 0 amide bonds. The van der Waals surface area contributed by atoms with Crippen molar-refractivity contribution in [3.63, 3.8) is 0 Å². The monoisotopic (exact) mass is 237 g/mol. The zero-order chi connectivity index (χ0) is 11.5. The lowest BCUT2D eigenvalue weighted by Crippen LogP contribution is -1.93. The average Bonchev–Trinajstić information content (AvgIpc) is 2.30. The summed E-state index contributed by atoms with van der Waals surface area (Å²) in [6, 6.07) is 9.29. The smallest absolute Gasteiger partial charge is 0.123 e. The van der Waals surface area contributed by atoms with Crippen LogP contribution in [0.1, 0.15) is 5.69 Å². The van der Waals surface area contributed by atoms with Crippen LogP contribution in [0, 0.1) is 5.82 Å².